The van der Waals surface area contributed by atoms with E-state index >= 15 is 4.39 Å². The number of pyridine rings is 3. The zero-order chi connectivity index (χ0) is 29.4. The number of rotatable bonds is 9. The quantitative estimate of drug-likeness (QED) is 0.197. The van der Waals surface area contributed by atoms with E-state index in [1.165, 1.54) is 24.5 Å². The molecule has 4 N–H and O–H groups in total. The largest absolute Gasteiger partial charge is 0.335 e. The van der Waals surface area contributed by atoms with Crippen molar-refractivity contribution in [2.24, 2.45) is 0 Å². The van der Waals surface area contributed by atoms with Gasteiger partial charge in [-0.1, -0.05) is 6.92 Å². The molecule has 6 aromatic rings. The first-order chi connectivity index (χ1) is 20.2. The topological polar surface area (TPSA) is 154 Å². The maximum atomic E-state index is 16.1. The fourth-order valence-electron chi connectivity index (χ4n) is 4.71. The molecule has 0 spiro atoms. The molecular formula is C28H25F2N9O2S. The number of imidazole rings is 1. The number of benzene rings is 1. The van der Waals surface area contributed by atoms with Crippen LogP contribution in [0.5, 0.6) is 0 Å². The lowest BCUT2D eigenvalue weighted by Gasteiger charge is -2.07. The second-order valence-electron chi connectivity index (χ2n) is 9.75. The summed E-state index contributed by atoms with van der Waals surface area (Å²) in [6, 6.07) is 6.06. The number of halogens is 2. The van der Waals surface area contributed by atoms with E-state index in [0.717, 1.165) is 18.4 Å². The fraction of sp³-hybridized carbons (Fsp3) is 0.179. The van der Waals surface area contributed by atoms with Crippen LogP contribution in [0.15, 0.2) is 55.2 Å². The number of aromatic nitrogens is 7. The molecule has 0 atom stereocenters. The molecule has 0 aliphatic carbocycles. The molecule has 11 nitrogen and oxygen atoms in total. The van der Waals surface area contributed by atoms with Crippen molar-refractivity contribution in [3.63, 3.8) is 0 Å². The molecule has 42 heavy (non-hydrogen) atoms. The van der Waals surface area contributed by atoms with Crippen LogP contribution < -0.4 is 10.0 Å². The van der Waals surface area contributed by atoms with Crippen molar-refractivity contribution in [1.29, 1.82) is 0 Å². The van der Waals surface area contributed by atoms with E-state index in [9.17, 15) is 12.8 Å². The molecule has 1 aromatic carbocycles. The van der Waals surface area contributed by atoms with Gasteiger partial charge in [-0.2, -0.15) is 5.10 Å². The third kappa shape index (κ3) is 5.46. The summed E-state index contributed by atoms with van der Waals surface area (Å²) < 4.78 is 56.0. The van der Waals surface area contributed by atoms with E-state index < -0.39 is 21.7 Å². The molecule has 214 valence electrons. The number of hydrogen-bond donors (Lipinski definition) is 4. The molecular weight excluding hydrogens is 564 g/mol. The molecule has 14 heteroatoms. The Morgan fingerprint density at radius 3 is 2.50 bits per heavy atom. The molecule has 0 radical (unpaired) electrons. The standard InChI is InChI=1S/C28H25F2N9O2S/c1-3-31-8-16-5-18(11-32-9-16)25-24(30)23-21(14-34-25)38-39-27(23)28-36-22-13-33-12-20(26(22)37-28)17-4-15(6-19(29)7-17)10-35-42(2,40)41/h4-7,9,11-14,31,35H,3,8,10H2,1-2H3,(H,36,37)(H,38,39). The molecule has 0 unspecified atom stereocenters. The zero-order valence-electron chi connectivity index (χ0n) is 22.5. The molecule has 0 amide bonds. The monoisotopic (exact) mass is 589 g/mol. The third-order valence-electron chi connectivity index (χ3n) is 6.62. The van der Waals surface area contributed by atoms with Crippen LogP contribution in [-0.4, -0.2) is 56.3 Å². The van der Waals surface area contributed by atoms with Gasteiger partial charge in [0, 0.05) is 42.8 Å². The van der Waals surface area contributed by atoms with Crippen LogP contribution in [0, 0.1) is 11.6 Å². The number of nitrogens with one attached hydrogen (secondary N) is 4. The van der Waals surface area contributed by atoms with Crippen molar-refractivity contribution in [2.45, 2.75) is 20.0 Å². The summed E-state index contributed by atoms with van der Waals surface area (Å²) in [6.07, 6.45) is 8.91. The number of aromatic amines is 2. The second-order valence-corrected chi connectivity index (χ2v) is 11.6. The Morgan fingerprint density at radius 1 is 0.881 bits per heavy atom. The van der Waals surface area contributed by atoms with E-state index in [-0.39, 0.29) is 29.1 Å². The summed E-state index contributed by atoms with van der Waals surface area (Å²) in [5.41, 5.74) is 4.53. The normalized spacial score (nSPS) is 12.0. The predicted molar refractivity (Wildman–Crippen MR) is 154 cm³/mol. The highest BCUT2D eigenvalue weighted by atomic mass is 32.2. The van der Waals surface area contributed by atoms with Gasteiger partial charge in [0.2, 0.25) is 10.0 Å². The van der Waals surface area contributed by atoms with Gasteiger partial charge >= 0.3 is 0 Å². The van der Waals surface area contributed by atoms with Crippen LogP contribution in [-0.2, 0) is 23.1 Å². The van der Waals surface area contributed by atoms with E-state index in [1.54, 1.807) is 24.7 Å². The first-order valence-corrected chi connectivity index (χ1v) is 14.9. The molecule has 5 aromatic heterocycles. The van der Waals surface area contributed by atoms with Crippen LogP contribution in [0.1, 0.15) is 18.1 Å². The van der Waals surface area contributed by atoms with Gasteiger partial charge in [0.25, 0.3) is 0 Å². The lowest BCUT2D eigenvalue weighted by Crippen LogP contribution is -2.21. The van der Waals surface area contributed by atoms with Crippen molar-refractivity contribution in [1.82, 2.24) is 45.2 Å². The van der Waals surface area contributed by atoms with E-state index in [2.05, 4.69) is 40.2 Å². The zero-order valence-corrected chi connectivity index (χ0v) is 23.4. The predicted octanol–water partition coefficient (Wildman–Crippen LogP) is 4.06. The second kappa shape index (κ2) is 11.0. The van der Waals surface area contributed by atoms with Gasteiger partial charge < -0.3 is 10.3 Å². The molecule has 0 aliphatic rings. The Balaban J connectivity index is 1.42. The van der Waals surface area contributed by atoms with Gasteiger partial charge in [-0.15, -0.1) is 0 Å². The Kier molecular flexibility index (Phi) is 7.18. The highest BCUT2D eigenvalue weighted by molar-refractivity contribution is 7.88. The number of fused-ring (bicyclic) bond motifs is 2. The number of H-pyrrole nitrogens is 2. The lowest BCUT2D eigenvalue weighted by atomic mass is 10.0. The minimum absolute atomic E-state index is 0.0821. The molecule has 0 saturated heterocycles. The average molecular weight is 590 g/mol. The molecule has 5 heterocycles. The van der Waals surface area contributed by atoms with Crippen molar-refractivity contribution >= 4 is 32.0 Å². The van der Waals surface area contributed by atoms with E-state index in [4.69, 9.17) is 4.98 Å². The van der Waals surface area contributed by atoms with Gasteiger partial charge in [-0.25, -0.2) is 26.9 Å². The summed E-state index contributed by atoms with van der Waals surface area (Å²) in [5.74, 6) is -0.850. The van der Waals surface area contributed by atoms with E-state index in [0.29, 0.717) is 45.3 Å². The number of nitrogens with zero attached hydrogens (tertiary/aromatic N) is 5. The van der Waals surface area contributed by atoms with Crippen LogP contribution in [0.4, 0.5) is 8.78 Å². The Hall–Kier alpha value is -4.66. The Morgan fingerprint density at radius 2 is 1.69 bits per heavy atom. The van der Waals surface area contributed by atoms with Crippen molar-refractivity contribution in [3.8, 4) is 33.9 Å². The van der Waals surface area contributed by atoms with Crippen molar-refractivity contribution < 1.29 is 17.2 Å². The number of sulfonamides is 1. The van der Waals surface area contributed by atoms with Crippen LogP contribution in [0.3, 0.4) is 0 Å². The smallest absolute Gasteiger partial charge is 0.209 e. The summed E-state index contributed by atoms with van der Waals surface area (Å²) in [4.78, 5) is 20.7. The molecule has 0 bridgehead atoms. The maximum absolute atomic E-state index is 16.1. The fourth-order valence-corrected chi connectivity index (χ4v) is 5.14. The van der Waals surface area contributed by atoms with Crippen LogP contribution >= 0.6 is 0 Å². The first-order valence-electron chi connectivity index (χ1n) is 13.0. The molecule has 0 saturated carbocycles. The Bertz CT molecular complexity index is 2060. The van der Waals surface area contributed by atoms with Gasteiger partial charge in [0.05, 0.1) is 40.6 Å². The Labute approximate surface area is 238 Å². The first kappa shape index (κ1) is 27.5. The summed E-state index contributed by atoms with van der Waals surface area (Å²) in [5, 5.41) is 10.6. The highest BCUT2D eigenvalue weighted by Crippen LogP contribution is 2.34. The highest BCUT2D eigenvalue weighted by Gasteiger charge is 2.22. The lowest BCUT2D eigenvalue weighted by molar-refractivity contribution is 0.586. The molecule has 6 rings (SSSR count). The summed E-state index contributed by atoms with van der Waals surface area (Å²) >= 11 is 0. The van der Waals surface area contributed by atoms with Crippen LogP contribution in [0.2, 0.25) is 0 Å². The van der Waals surface area contributed by atoms with Gasteiger partial charge in [-0.05, 0) is 47.5 Å². The van der Waals surface area contributed by atoms with E-state index in [1.807, 2.05) is 13.0 Å². The maximum Gasteiger partial charge on any atom is 0.209 e. The van der Waals surface area contributed by atoms with Gasteiger partial charge in [0.1, 0.15) is 17.2 Å². The average Bonchev–Trinajstić information content (AvgIpc) is 3.59. The van der Waals surface area contributed by atoms with Crippen molar-refractivity contribution in [3.05, 3.63) is 78.0 Å². The van der Waals surface area contributed by atoms with Crippen LogP contribution in [0.25, 0.3) is 55.8 Å². The number of hydrogen-bond acceptors (Lipinski definition) is 8. The van der Waals surface area contributed by atoms with Gasteiger partial charge in [-0.3, -0.25) is 20.1 Å². The summed E-state index contributed by atoms with van der Waals surface area (Å²) in [7, 11) is -3.47. The SMILES string of the molecule is CCNCc1cncc(-c2ncc3[nH]nc(-c4nc5c(-c6cc(F)cc(CNS(C)(=O)=O)c6)cncc5[nH]4)c3c2F)c1. The third-order valence-corrected chi connectivity index (χ3v) is 7.29. The minimum atomic E-state index is -3.47. The minimum Gasteiger partial charge on any atom is -0.335 e. The van der Waals surface area contributed by atoms with Gasteiger partial charge in [0.15, 0.2) is 11.6 Å². The van der Waals surface area contributed by atoms with Crippen molar-refractivity contribution in [2.75, 3.05) is 12.8 Å². The summed E-state index contributed by atoms with van der Waals surface area (Å²) in [6.45, 7) is 3.30. The molecule has 0 fully saturated rings. The molecule has 0 aliphatic heterocycles.